The molecule has 0 aromatic carbocycles. The van der Waals surface area contributed by atoms with Crippen molar-refractivity contribution in [3.8, 4) is 5.88 Å². The first kappa shape index (κ1) is 12.3. The number of nitrogen functional groups attached to an aromatic ring is 1. The van der Waals surface area contributed by atoms with Gasteiger partial charge in [0.05, 0.1) is 19.0 Å². The molecule has 0 radical (unpaired) electrons. The number of hydrogen-bond acceptors (Lipinski definition) is 5. The van der Waals surface area contributed by atoms with Gasteiger partial charge in [-0.2, -0.15) is 0 Å². The second-order valence-corrected chi connectivity index (χ2v) is 4.33. The molecule has 0 saturated heterocycles. The van der Waals surface area contributed by atoms with Crippen molar-refractivity contribution in [1.29, 1.82) is 0 Å². The molecule has 1 aromatic rings. The van der Waals surface area contributed by atoms with Crippen LogP contribution < -0.4 is 10.5 Å². The Morgan fingerprint density at radius 1 is 1.44 bits per heavy atom. The Balaban J connectivity index is 3.13. The van der Waals surface area contributed by atoms with Crippen molar-refractivity contribution in [2.45, 2.75) is 26.4 Å². The van der Waals surface area contributed by atoms with Crippen molar-refractivity contribution < 1.29 is 14.3 Å². The van der Waals surface area contributed by atoms with Gasteiger partial charge in [0.2, 0.25) is 5.88 Å². The average molecular weight is 224 g/mol. The Kier molecular flexibility index (Phi) is 3.37. The van der Waals surface area contributed by atoms with E-state index >= 15 is 0 Å². The van der Waals surface area contributed by atoms with Crippen LogP contribution in [0.3, 0.4) is 0 Å². The molecule has 2 N–H and O–H groups in total. The zero-order chi connectivity index (χ0) is 12.3. The van der Waals surface area contributed by atoms with E-state index in [0.717, 1.165) is 0 Å². The van der Waals surface area contributed by atoms with Gasteiger partial charge in [0.25, 0.3) is 0 Å². The van der Waals surface area contributed by atoms with Gasteiger partial charge in [-0.15, -0.1) is 0 Å². The van der Waals surface area contributed by atoms with Crippen molar-refractivity contribution in [2.24, 2.45) is 0 Å². The predicted molar refractivity (Wildman–Crippen MR) is 60.4 cm³/mol. The van der Waals surface area contributed by atoms with E-state index in [1.165, 1.54) is 19.4 Å². The summed E-state index contributed by atoms with van der Waals surface area (Å²) in [5.74, 6) is -0.285. The molecule has 0 aliphatic heterocycles. The van der Waals surface area contributed by atoms with Gasteiger partial charge in [-0.1, -0.05) is 0 Å². The van der Waals surface area contributed by atoms with E-state index in [1.807, 2.05) is 20.8 Å². The predicted octanol–water partition coefficient (Wildman–Crippen LogP) is 1.63. The van der Waals surface area contributed by atoms with Crippen LogP contribution in [0.1, 0.15) is 31.1 Å². The molecule has 0 bridgehead atoms. The van der Waals surface area contributed by atoms with Gasteiger partial charge in [-0.25, -0.2) is 9.78 Å². The fourth-order valence-corrected chi connectivity index (χ4v) is 1.10. The van der Waals surface area contributed by atoms with E-state index in [0.29, 0.717) is 5.69 Å². The highest BCUT2D eigenvalue weighted by Gasteiger charge is 2.20. The van der Waals surface area contributed by atoms with Gasteiger partial charge in [0, 0.05) is 0 Å². The highest BCUT2D eigenvalue weighted by atomic mass is 16.5. The maximum Gasteiger partial charge on any atom is 0.343 e. The van der Waals surface area contributed by atoms with Crippen LogP contribution in [0.2, 0.25) is 0 Å². The molecule has 1 aromatic heterocycles. The van der Waals surface area contributed by atoms with Crippen molar-refractivity contribution >= 4 is 11.7 Å². The number of anilines is 1. The smallest absolute Gasteiger partial charge is 0.343 e. The van der Waals surface area contributed by atoms with E-state index < -0.39 is 11.6 Å². The van der Waals surface area contributed by atoms with Crippen LogP contribution in [0, 0.1) is 0 Å². The molecule has 0 unspecified atom stereocenters. The molecule has 5 nitrogen and oxygen atoms in total. The normalized spacial score (nSPS) is 11.0. The second-order valence-electron chi connectivity index (χ2n) is 4.33. The van der Waals surface area contributed by atoms with E-state index in [9.17, 15) is 4.79 Å². The average Bonchev–Trinajstić information content (AvgIpc) is 2.17. The third-order valence-electron chi connectivity index (χ3n) is 1.68. The molecule has 0 aliphatic carbocycles. The molecule has 0 fully saturated rings. The Labute approximate surface area is 94.6 Å². The molecule has 16 heavy (non-hydrogen) atoms. The van der Waals surface area contributed by atoms with Crippen LogP contribution in [0.15, 0.2) is 12.3 Å². The third kappa shape index (κ3) is 3.12. The van der Waals surface area contributed by atoms with Crippen molar-refractivity contribution in [2.75, 3.05) is 12.8 Å². The number of ether oxygens (including phenoxy) is 2. The number of nitrogens with two attached hydrogens (primary N) is 1. The monoisotopic (exact) mass is 224 g/mol. The van der Waals surface area contributed by atoms with Crippen LogP contribution in [0.4, 0.5) is 5.69 Å². The molecule has 0 amide bonds. The number of aromatic nitrogens is 1. The molecule has 88 valence electrons. The maximum absolute atomic E-state index is 11.5. The number of carbonyl (C=O) groups excluding carboxylic acids is 1. The lowest BCUT2D eigenvalue weighted by Crippen LogP contribution is -2.25. The van der Waals surface area contributed by atoms with Gasteiger partial charge in [0.15, 0.2) is 0 Å². The summed E-state index contributed by atoms with van der Waals surface area (Å²) >= 11 is 0. The largest absolute Gasteiger partial charge is 0.471 e. The van der Waals surface area contributed by atoms with Gasteiger partial charge in [0.1, 0.15) is 11.2 Å². The van der Waals surface area contributed by atoms with Crippen molar-refractivity contribution in [3.63, 3.8) is 0 Å². The number of rotatable bonds is 2. The van der Waals surface area contributed by atoms with E-state index in [1.54, 1.807) is 0 Å². The molecule has 0 aliphatic rings. The molecular formula is C11H16N2O3. The van der Waals surface area contributed by atoms with Crippen LogP contribution in [0.25, 0.3) is 0 Å². The fourth-order valence-electron chi connectivity index (χ4n) is 1.10. The highest BCUT2D eigenvalue weighted by Crippen LogP contribution is 2.22. The number of nitrogens with zero attached hydrogens (tertiary/aromatic N) is 1. The number of esters is 1. The van der Waals surface area contributed by atoms with Crippen LogP contribution in [-0.2, 0) is 4.74 Å². The molecule has 1 rings (SSSR count). The summed E-state index contributed by atoms with van der Waals surface area (Å²) in [6, 6.07) is 1.49. The zero-order valence-corrected chi connectivity index (χ0v) is 9.90. The lowest BCUT2D eigenvalue weighted by atomic mass is 10.2. The Morgan fingerprint density at radius 2 is 2.06 bits per heavy atom. The second kappa shape index (κ2) is 4.38. The third-order valence-corrected chi connectivity index (χ3v) is 1.68. The summed E-state index contributed by atoms with van der Waals surface area (Å²) in [6.07, 6.45) is 1.44. The van der Waals surface area contributed by atoms with E-state index in [4.69, 9.17) is 10.5 Å². The summed E-state index contributed by atoms with van der Waals surface area (Å²) in [5.41, 5.74) is 5.74. The first-order valence-corrected chi connectivity index (χ1v) is 4.86. The zero-order valence-electron chi connectivity index (χ0n) is 9.90. The quantitative estimate of drug-likeness (QED) is 0.773. The molecule has 5 heteroatoms. The standard InChI is InChI=1S/C11H16N2O3/c1-11(2,3)16-9-8(10(14)15-4)5-7(12)6-13-9/h5-6H,12H2,1-4H3. The molecule has 0 saturated carbocycles. The van der Waals surface area contributed by atoms with Gasteiger partial charge in [-0.3, -0.25) is 0 Å². The number of methoxy groups -OCH3 is 1. The fraction of sp³-hybridized carbons (Fsp3) is 0.455. The van der Waals surface area contributed by atoms with E-state index in [2.05, 4.69) is 9.72 Å². The van der Waals surface area contributed by atoms with Gasteiger partial charge in [-0.05, 0) is 26.8 Å². The minimum atomic E-state index is -0.515. The first-order chi connectivity index (χ1) is 7.33. The summed E-state index contributed by atoms with van der Waals surface area (Å²) in [7, 11) is 1.30. The lowest BCUT2D eigenvalue weighted by Gasteiger charge is -2.21. The van der Waals surface area contributed by atoms with Crippen molar-refractivity contribution in [3.05, 3.63) is 17.8 Å². The molecule has 0 atom stereocenters. The topological polar surface area (TPSA) is 74.4 Å². The van der Waals surface area contributed by atoms with Crippen molar-refractivity contribution in [1.82, 2.24) is 4.98 Å². The molecule has 0 spiro atoms. The SMILES string of the molecule is COC(=O)c1cc(N)cnc1OC(C)(C)C. The molecule has 1 heterocycles. The summed E-state index contributed by atoms with van der Waals surface area (Å²) in [4.78, 5) is 15.5. The van der Waals surface area contributed by atoms with Gasteiger partial charge >= 0.3 is 5.97 Å². The van der Waals surface area contributed by atoms with E-state index in [-0.39, 0.29) is 11.4 Å². The van der Waals surface area contributed by atoms with Crippen LogP contribution in [0.5, 0.6) is 5.88 Å². The minimum absolute atomic E-state index is 0.230. The van der Waals surface area contributed by atoms with Gasteiger partial charge < -0.3 is 15.2 Å². The summed E-state index contributed by atoms with van der Waals surface area (Å²) in [6.45, 7) is 5.60. The number of carbonyl (C=O) groups is 1. The lowest BCUT2D eigenvalue weighted by molar-refractivity contribution is 0.0583. The summed E-state index contributed by atoms with van der Waals surface area (Å²) < 4.78 is 10.2. The maximum atomic E-state index is 11.5. The number of pyridine rings is 1. The highest BCUT2D eigenvalue weighted by molar-refractivity contribution is 5.92. The van der Waals surface area contributed by atoms with Crippen LogP contribution >= 0.6 is 0 Å². The Morgan fingerprint density at radius 3 is 2.56 bits per heavy atom. The minimum Gasteiger partial charge on any atom is -0.471 e. The first-order valence-electron chi connectivity index (χ1n) is 4.86. The Hall–Kier alpha value is -1.78. The number of hydrogen-bond donors (Lipinski definition) is 1. The van der Waals surface area contributed by atoms with Crippen LogP contribution in [-0.4, -0.2) is 23.7 Å². The molecular weight excluding hydrogens is 208 g/mol. The summed E-state index contributed by atoms with van der Waals surface area (Å²) in [5, 5.41) is 0. The Bertz CT molecular complexity index is 397.